The highest BCUT2D eigenvalue weighted by atomic mass is 16.4. The van der Waals surface area contributed by atoms with Gasteiger partial charge in [0.25, 0.3) is 0 Å². The Morgan fingerprint density at radius 2 is 1.60 bits per heavy atom. The molecule has 0 aromatic rings. The van der Waals surface area contributed by atoms with Gasteiger partial charge in [-0.25, -0.2) is 0 Å². The minimum Gasteiger partial charge on any atom is -0.389 e. The Morgan fingerprint density at radius 3 is 2.13 bits per heavy atom. The van der Waals surface area contributed by atoms with Crippen LogP contribution >= 0.6 is 0 Å². The molecule has 3 atom stereocenters. The Morgan fingerprint density at radius 1 is 1.00 bits per heavy atom. The number of hydrogen-bond acceptors (Lipinski definition) is 4. The van der Waals surface area contributed by atoms with Crippen LogP contribution in [0.25, 0.3) is 0 Å². The van der Waals surface area contributed by atoms with Gasteiger partial charge in [-0.3, -0.25) is 4.90 Å². The lowest BCUT2D eigenvalue weighted by Crippen LogP contribution is -2.55. The third kappa shape index (κ3) is 4.07. The fourth-order valence-electron chi connectivity index (χ4n) is 2.02. The Hall–Kier alpha value is -0.160. The maximum atomic E-state index is 9.47. The fraction of sp³-hybridized carbons (Fsp3) is 1.00. The smallest absolute Gasteiger partial charge is 0.108 e. The van der Waals surface area contributed by atoms with Gasteiger partial charge in [0, 0.05) is 13.1 Å². The van der Waals surface area contributed by atoms with Gasteiger partial charge in [0.2, 0.25) is 0 Å². The lowest BCUT2D eigenvalue weighted by molar-refractivity contribution is -0.109. The zero-order chi connectivity index (χ0) is 11.3. The molecular weight excluding hydrogens is 194 g/mol. The molecule has 0 aromatic carbocycles. The summed E-state index contributed by atoms with van der Waals surface area (Å²) in [5.74, 6) is 0. The first kappa shape index (κ1) is 12.9. The van der Waals surface area contributed by atoms with Crippen LogP contribution in [0.2, 0.25) is 0 Å². The van der Waals surface area contributed by atoms with Crippen molar-refractivity contribution in [3.8, 4) is 0 Å². The molecule has 0 bridgehead atoms. The number of unbranched alkanes of at least 4 members (excludes halogenated alkanes) is 3. The summed E-state index contributed by atoms with van der Waals surface area (Å²) >= 11 is 0. The van der Waals surface area contributed by atoms with Crippen molar-refractivity contribution in [1.29, 1.82) is 0 Å². The first-order chi connectivity index (χ1) is 7.15. The van der Waals surface area contributed by atoms with E-state index in [2.05, 4.69) is 6.92 Å². The molecule has 0 radical (unpaired) electrons. The highest BCUT2D eigenvalue weighted by molar-refractivity contribution is 4.86. The third-order valence-electron chi connectivity index (χ3n) is 3.01. The van der Waals surface area contributed by atoms with Crippen molar-refractivity contribution in [2.24, 2.45) is 0 Å². The molecule has 0 amide bonds. The molecule has 0 aromatic heterocycles. The summed E-state index contributed by atoms with van der Waals surface area (Å²) in [5.41, 5.74) is 0. The molecule has 15 heavy (non-hydrogen) atoms. The second-order valence-corrected chi connectivity index (χ2v) is 4.45. The van der Waals surface area contributed by atoms with Crippen LogP contribution in [0.5, 0.6) is 0 Å². The van der Waals surface area contributed by atoms with Gasteiger partial charge >= 0.3 is 0 Å². The first-order valence-electron chi connectivity index (χ1n) is 5.91. The van der Waals surface area contributed by atoms with Crippen molar-refractivity contribution >= 4 is 0 Å². The maximum absolute atomic E-state index is 9.47. The third-order valence-corrected chi connectivity index (χ3v) is 3.01. The van der Waals surface area contributed by atoms with Crippen molar-refractivity contribution in [3.63, 3.8) is 0 Å². The largest absolute Gasteiger partial charge is 0.389 e. The van der Waals surface area contributed by atoms with Gasteiger partial charge in [0.15, 0.2) is 0 Å². The molecule has 1 rings (SSSR count). The molecule has 1 heterocycles. The van der Waals surface area contributed by atoms with Gasteiger partial charge in [-0.1, -0.05) is 26.2 Å². The predicted molar refractivity (Wildman–Crippen MR) is 58.6 cm³/mol. The van der Waals surface area contributed by atoms with Crippen molar-refractivity contribution in [2.75, 3.05) is 19.6 Å². The van der Waals surface area contributed by atoms with E-state index in [1.807, 2.05) is 4.90 Å². The number of rotatable bonds is 5. The topological polar surface area (TPSA) is 63.9 Å². The van der Waals surface area contributed by atoms with Gasteiger partial charge in [-0.15, -0.1) is 0 Å². The highest BCUT2D eigenvalue weighted by Gasteiger charge is 2.32. The Bertz CT molecular complexity index is 165. The molecule has 4 heteroatoms. The van der Waals surface area contributed by atoms with E-state index in [9.17, 15) is 15.3 Å². The van der Waals surface area contributed by atoms with Crippen LogP contribution in [0.3, 0.4) is 0 Å². The van der Waals surface area contributed by atoms with Crippen LogP contribution < -0.4 is 0 Å². The van der Waals surface area contributed by atoms with Gasteiger partial charge < -0.3 is 15.3 Å². The van der Waals surface area contributed by atoms with E-state index >= 15 is 0 Å². The van der Waals surface area contributed by atoms with Gasteiger partial charge in [0.05, 0.1) is 12.2 Å². The lowest BCUT2D eigenvalue weighted by Gasteiger charge is -2.36. The molecule has 1 aliphatic heterocycles. The lowest BCUT2D eigenvalue weighted by atomic mass is 10.0. The molecule has 0 saturated carbocycles. The quantitative estimate of drug-likeness (QED) is 0.566. The Kier molecular flexibility index (Phi) is 5.53. The molecular formula is C11H23NO3. The summed E-state index contributed by atoms with van der Waals surface area (Å²) in [4.78, 5) is 2.03. The normalized spacial score (nSPS) is 33.2. The maximum Gasteiger partial charge on any atom is 0.108 e. The number of hydrogen-bond donors (Lipinski definition) is 3. The standard InChI is InChI=1S/C11H23NO3/c1-2-3-4-5-6-12-7-9(13)11(15)10(14)8-12/h9-11,13-15H,2-8H2,1H3/t9-,10+,11+. The average molecular weight is 217 g/mol. The fourth-order valence-corrected chi connectivity index (χ4v) is 2.02. The van der Waals surface area contributed by atoms with Crippen molar-refractivity contribution in [1.82, 2.24) is 4.90 Å². The summed E-state index contributed by atoms with van der Waals surface area (Å²) in [5, 5.41) is 28.3. The minimum absolute atomic E-state index is 0.477. The molecule has 1 fully saturated rings. The van der Waals surface area contributed by atoms with E-state index in [0.717, 1.165) is 13.0 Å². The van der Waals surface area contributed by atoms with Crippen LogP contribution in [-0.4, -0.2) is 58.2 Å². The molecule has 0 aliphatic carbocycles. The second kappa shape index (κ2) is 6.43. The van der Waals surface area contributed by atoms with E-state index in [0.29, 0.717) is 13.1 Å². The van der Waals surface area contributed by atoms with E-state index in [1.54, 1.807) is 0 Å². The summed E-state index contributed by atoms with van der Waals surface area (Å²) in [7, 11) is 0. The number of piperidine rings is 1. The Labute approximate surface area is 91.5 Å². The number of nitrogens with zero attached hydrogens (tertiary/aromatic N) is 1. The van der Waals surface area contributed by atoms with Crippen molar-refractivity contribution in [3.05, 3.63) is 0 Å². The zero-order valence-electron chi connectivity index (χ0n) is 9.47. The molecule has 1 aliphatic rings. The van der Waals surface area contributed by atoms with Crippen LogP contribution in [0.1, 0.15) is 32.6 Å². The van der Waals surface area contributed by atoms with Gasteiger partial charge in [-0.05, 0) is 13.0 Å². The van der Waals surface area contributed by atoms with Crippen LogP contribution in [0.15, 0.2) is 0 Å². The van der Waals surface area contributed by atoms with E-state index < -0.39 is 18.3 Å². The second-order valence-electron chi connectivity index (χ2n) is 4.45. The summed E-state index contributed by atoms with van der Waals surface area (Å²) < 4.78 is 0. The van der Waals surface area contributed by atoms with Crippen molar-refractivity contribution in [2.45, 2.75) is 50.9 Å². The van der Waals surface area contributed by atoms with E-state index in [1.165, 1.54) is 19.3 Å². The van der Waals surface area contributed by atoms with Crippen LogP contribution in [0.4, 0.5) is 0 Å². The number of aliphatic hydroxyl groups excluding tert-OH is 3. The summed E-state index contributed by atoms with van der Waals surface area (Å²) in [6.45, 7) is 4.03. The Balaban J connectivity index is 2.20. The van der Waals surface area contributed by atoms with Gasteiger partial charge in [0.1, 0.15) is 6.10 Å². The van der Waals surface area contributed by atoms with Crippen LogP contribution in [0, 0.1) is 0 Å². The minimum atomic E-state index is -0.975. The summed E-state index contributed by atoms with van der Waals surface area (Å²) in [6, 6.07) is 0. The predicted octanol–water partition coefficient (Wildman–Crippen LogP) is -0.0350. The van der Waals surface area contributed by atoms with Gasteiger partial charge in [-0.2, -0.15) is 0 Å². The number of aliphatic hydroxyl groups is 3. The van der Waals surface area contributed by atoms with E-state index in [4.69, 9.17) is 0 Å². The van der Waals surface area contributed by atoms with E-state index in [-0.39, 0.29) is 0 Å². The van der Waals surface area contributed by atoms with Crippen LogP contribution in [-0.2, 0) is 0 Å². The average Bonchev–Trinajstić information content (AvgIpc) is 2.21. The molecule has 0 spiro atoms. The SMILES string of the molecule is CCCCCCN1C[C@@H](O)[C@H](O)[C@@H](O)C1. The summed E-state index contributed by atoms with van der Waals surface area (Å²) in [6.07, 6.45) is 2.16. The van der Waals surface area contributed by atoms with Crippen molar-refractivity contribution < 1.29 is 15.3 Å². The first-order valence-corrected chi connectivity index (χ1v) is 5.91. The molecule has 4 nitrogen and oxygen atoms in total. The number of β-amino-alcohol motifs (C(OH)–C–C–N with tert-alkyl or cyclic N) is 2. The molecule has 90 valence electrons. The number of likely N-dealkylation sites (tertiary alicyclic amines) is 1. The monoisotopic (exact) mass is 217 g/mol. The molecule has 0 unspecified atom stereocenters. The molecule has 1 saturated heterocycles. The molecule has 3 N–H and O–H groups in total. The highest BCUT2D eigenvalue weighted by Crippen LogP contribution is 2.12. The zero-order valence-corrected chi connectivity index (χ0v) is 9.47.